The van der Waals surface area contributed by atoms with Crippen molar-refractivity contribution in [3.8, 4) is 11.4 Å². The molecule has 18 heavy (non-hydrogen) atoms. The Morgan fingerprint density at radius 1 is 1.50 bits per heavy atom. The summed E-state index contributed by atoms with van der Waals surface area (Å²) in [5, 5.41) is 12.6. The van der Waals surface area contributed by atoms with Gasteiger partial charge < -0.3 is 9.84 Å². The normalized spacial score (nSPS) is 12.1. The zero-order chi connectivity index (χ0) is 13.1. The number of carboxylic acid groups (broad SMARTS) is 1. The van der Waals surface area contributed by atoms with E-state index in [0.717, 1.165) is 0 Å². The molecule has 1 N–H and O–H groups in total. The number of aliphatic carboxylic acids is 1. The van der Waals surface area contributed by atoms with E-state index in [-0.39, 0.29) is 11.4 Å². The fourth-order valence-electron chi connectivity index (χ4n) is 1.39. The van der Waals surface area contributed by atoms with Crippen LogP contribution in [0.2, 0.25) is 0 Å². The maximum atomic E-state index is 13.5. The van der Waals surface area contributed by atoms with Gasteiger partial charge in [-0.2, -0.15) is 5.10 Å². The van der Waals surface area contributed by atoms with Crippen LogP contribution in [0.4, 0.5) is 4.39 Å². The topological polar surface area (TPSA) is 64.4 Å². The van der Waals surface area contributed by atoms with Gasteiger partial charge >= 0.3 is 5.97 Å². The first-order valence-electron chi connectivity index (χ1n) is 5.27. The molecule has 1 atom stereocenters. The van der Waals surface area contributed by atoms with Gasteiger partial charge in [-0.15, -0.1) is 0 Å². The lowest BCUT2D eigenvalue weighted by molar-refractivity contribution is -0.144. The molecule has 0 amide bonds. The number of hydrogen-bond acceptors (Lipinski definition) is 3. The highest BCUT2D eigenvalue weighted by molar-refractivity contribution is 5.72. The smallest absolute Gasteiger partial charge is 0.344 e. The van der Waals surface area contributed by atoms with Crippen LogP contribution in [0.25, 0.3) is 5.69 Å². The SMILES string of the molecule is CC(Oc1cnn(-c2ccccc2F)c1)C(=O)O. The number of ether oxygens (including phenoxy) is 1. The molecule has 2 aromatic rings. The summed E-state index contributed by atoms with van der Waals surface area (Å²) in [6.07, 6.45) is 1.78. The molecule has 0 saturated heterocycles. The number of hydrogen-bond donors (Lipinski definition) is 1. The van der Waals surface area contributed by atoms with Gasteiger partial charge in [-0.3, -0.25) is 0 Å². The molecule has 94 valence electrons. The Morgan fingerprint density at radius 3 is 2.89 bits per heavy atom. The van der Waals surface area contributed by atoms with Crippen molar-refractivity contribution in [2.45, 2.75) is 13.0 Å². The van der Waals surface area contributed by atoms with E-state index < -0.39 is 17.9 Å². The molecule has 1 heterocycles. The number of rotatable bonds is 4. The zero-order valence-corrected chi connectivity index (χ0v) is 9.58. The van der Waals surface area contributed by atoms with Crippen molar-refractivity contribution < 1.29 is 19.0 Å². The van der Waals surface area contributed by atoms with Gasteiger partial charge in [0.2, 0.25) is 0 Å². The van der Waals surface area contributed by atoms with Crippen LogP contribution in [0.15, 0.2) is 36.7 Å². The minimum Gasteiger partial charge on any atom is -0.479 e. The highest BCUT2D eigenvalue weighted by Crippen LogP contribution is 2.17. The van der Waals surface area contributed by atoms with Crippen molar-refractivity contribution in [1.29, 1.82) is 0 Å². The lowest BCUT2D eigenvalue weighted by Crippen LogP contribution is -2.22. The first-order chi connectivity index (χ1) is 8.58. The van der Waals surface area contributed by atoms with Gasteiger partial charge in [0.15, 0.2) is 11.9 Å². The predicted molar refractivity (Wildman–Crippen MR) is 61.2 cm³/mol. The molecular formula is C12H11FN2O3. The number of nitrogens with zero attached hydrogens (tertiary/aromatic N) is 2. The molecule has 1 aromatic carbocycles. The van der Waals surface area contributed by atoms with Crippen LogP contribution in [-0.4, -0.2) is 27.0 Å². The first kappa shape index (κ1) is 12.1. The molecule has 0 spiro atoms. The summed E-state index contributed by atoms with van der Waals surface area (Å²) < 4.78 is 19.9. The number of carboxylic acids is 1. The molecule has 1 unspecified atom stereocenters. The van der Waals surface area contributed by atoms with E-state index in [4.69, 9.17) is 9.84 Å². The van der Waals surface area contributed by atoms with Crippen LogP contribution >= 0.6 is 0 Å². The summed E-state index contributed by atoms with van der Waals surface area (Å²) in [7, 11) is 0. The fourth-order valence-corrected chi connectivity index (χ4v) is 1.39. The fraction of sp³-hybridized carbons (Fsp3) is 0.167. The summed E-state index contributed by atoms with van der Waals surface area (Å²) in [6.45, 7) is 1.41. The first-order valence-corrected chi connectivity index (χ1v) is 5.27. The molecule has 0 aliphatic heterocycles. The Bertz CT molecular complexity index is 568. The van der Waals surface area contributed by atoms with Crippen LogP contribution in [-0.2, 0) is 4.79 Å². The van der Waals surface area contributed by atoms with Crippen molar-refractivity contribution >= 4 is 5.97 Å². The lowest BCUT2D eigenvalue weighted by Gasteiger charge is -2.07. The largest absolute Gasteiger partial charge is 0.479 e. The number of aromatic nitrogens is 2. The van der Waals surface area contributed by atoms with E-state index in [1.165, 1.54) is 30.1 Å². The van der Waals surface area contributed by atoms with E-state index in [2.05, 4.69) is 5.10 Å². The summed E-state index contributed by atoms with van der Waals surface area (Å²) >= 11 is 0. The van der Waals surface area contributed by atoms with Gasteiger partial charge in [0.25, 0.3) is 0 Å². The van der Waals surface area contributed by atoms with Crippen LogP contribution < -0.4 is 4.74 Å². The van der Waals surface area contributed by atoms with E-state index in [9.17, 15) is 9.18 Å². The molecule has 5 nitrogen and oxygen atoms in total. The number of halogens is 1. The summed E-state index contributed by atoms with van der Waals surface area (Å²) in [5.41, 5.74) is 0.273. The highest BCUT2D eigenvalue weighted by Gasteiger charge is 2.14. The Hall–Kier alpha value is -2.37. The quantitative estimate of drug-likeness (QED) is 0.899. The maximum absolute atomic E-state index is 13.5. The second kappa shape index (κ2) is 4.87. The molecular weight excluding hydrogens is 239 g/mol. The number of benzene rings is 1. The van der Waals surface area contributed by atoms with Crippen LogP contribution in [0.1, 0.15) is 6.92 Å². The third kappa shape index (κ3) is 2.48. The van der Waals surface area contributed by atoms with Crippen molar-refractivity contribution in [2.75, 3.05) is 0 Å². The Morgan fingerprint density at radius 2 is 2.22 bits per heavy atom. The van der Waals surface area contributed by atoms with Gasteiger partial charge in [0.05, 0.1) is 12.4 Å². The van der Waals surface area contributed by atoms with Crippen molar-refractivity contribution in [3.63, 3.8) is 0 Å². The molecule has 0 fully saturated rings. The molecule has 1 aromatic heterocycles. The van der Waals surface area contributed by atoms with Gasteiger partial charge in [0.1, 0.15) is 11.5 Å². The predicted octanol–water partition coefficient (Wildman–Crippen LogP) is 1.86. The Kier molecular flexibility index (Phi) is 3.27. The van der Waals surface area contributed by atoms with Crippen molar-refractivity contribution in [3.05, 3.63) is 42.5 Å². The standard InChI is InChI=1S/C12H11FN2O3/c1-8(12(16)17)18-9-6-14-15(7-9)11-5-3-2-4-10(11)13/h2-8H,1H3,(H,16,17). The number of carbonyl (C=O) groups is 1. The molecule has 6 heteroatoms. The van der Waals surface area contributed by atoms with Crippen LogP contribution in [0.3, 0.4) is 0 Å². The maximum Gasteiger partial charge on any atom is 0.344 e. The average Bonchev–Trinajstić information content (AvgIpc) is 2.77. The highest BCUT2D eigenvalue weighted by atomic mass is 19.1. The zero-order valence-electron chi connectivity index (χ0n) is 9.58. The van der Waals surface area contributed by atoms with Crippen LogP contribution in [0, 0.1) is 5.82 Å². The molecule has 0 saturated carbocycles. The monoisotopic (exact) mass is 250 g/mol. The minimum atomic E-state index is -1.08. The van der Waals surface area contributed by atoms with Gasteiger partial charge in [-0.25, -0.2) is 13.9 Å². The summed E-state index contributed by atoms with van der Waals surface area (Å²) in [4.78, 5) is 10.6. The lowest BCUT2D eigenvalue weighted by atomic mass is 10.3. The Balaban J connectivity index is 2.21. The molecule has 0 radical (unpaired) electrons. The van der Waals surface area contributed by atoms with E-state index in [0.29, 0.717) is 0 Å². The molecule has 0 aliphatic rings. The van der Waals surface area contributed by atoms with E-state index >= 15 is 0 Å². The van der Waals surface area contributed by atoms with Crippen LogP contribution in [0.5, 0.6) is 5.75 Å². The minimum absolute atomic E-state index is 0.271. The molecule has 0 bridgehead atoms. The van der Waals surface area contributed by atoms with Crippen molar-refractivity contribution in [2.24, 2.45) is 0 Å². The second-order valence-corrected chi connectivity index (χ2v) is 3.67. The Labute approximate surface area is 102 Å². The van der Waals surface area contributed by atoms with Gasteiger partial charge in [-0.1, -0.05) is 12.1 Å². The summed E-state index contributed by atoms with van der Waals surface area (Å²) in [5.74, 6) is -1.22. The third-order valence-corrected chi connectivity index (χ3v) is 2.32. The van der Waals surface area contributed by atoms with Gasteiger partial charge in [-0.05, 0) is 19.1 Å². The molecule has 0 aliphatic carbocycles. The second-order valence-electron chi connectivity index (χ2n) is 3.67. The van der Waals surface area contributed by atoms with Gasteiger partial charge in [0, 0.05) is 0 Å². The van der Waals surface area contributed by atoms with E-state index in [1.807, 2.05) is 0 Å². The van der Waals surface area contributed by atoms with Crippen molar-refractivity contribution in [1.82, 2.24) is 9.78 Å². The molecule has 2 rings (SSSR count). The number of para-hydroxylation sites is 1. The van der Waals surface area contributed by atoms with E-state index in [1.54, 1.807) is 18.2 Å². The third-order valence-electron chi connectivity index (χ3n) is 2.32. The summed E-state index contributed by atoms with van der Waals surface area (Å²) in [6, 6.07) is 6.14. The average molecular weight is 250 g/mol.